The molecule has 9 nitrogen and oxygen atoms in total. The molecule has 2 N–H and O–H groups in total. The van der Waals surface area contributed by atoms with Crippen LogP contribution in [-0.2, 0) is 44.2 Å². The molecule has 11 heteroatoms. The van der Waals surface area contributed by atoms with Gasteiger partial charge in [-0.2, -0.15) is 0 Å². The molecule has 0 bridgehead atoms. The number of hydrogen-bond donors (Lipinski definition) is 2. The highest BCUT2D eigenvalue weighted by atomic mass is 35.5. The number of hydrogen-bond acceptors (Lipinski definition) is 6. The topological polar surface area (TPSA) is 111 Å². The quantitative estimate of drug-likeness (QED) is 0.155. The molecule has 4 aromatic carbocycles. The standard InChI is InChI=1S/C40H42ClN3O6Si/c1-26-38(51(2,3)49)36(21-37(47)42-23-29-10-8-7-9-28(29)19-33(42)24-45)50-40(26)34-20-30(41)15-18-35(34)43(39(40)48)22-27-13-16-32(17-14-27)44(25-46)31-11-5-4-6-12-31/h4-18,20,25-26,33,36,38,45,49H,19,21-24H2,1-3H3/t26-,33+,36+,38-,40+/m1/s1. The van der Waals surface area contributed by atoms with Crippen LogP contribution in [0.1, 0.15) is 35.6 Å². The molecule has 3 heterocycles. The number of rotatable bonds is 9. The fourth-order valence-corrected chi connectivity index (χ4v) is 11.3. The van der Waals surface area contributed by atoms with E-state index in [1.165, 1.54) is 0 Å². The van der Waals surface area contributed by atoms with Gasteiger partial charge < -0.3 is 24.4 Å². The van der Waals surface area contributed by atoms with Crippen molar-refractivity contribution >= 4 is 55.2 Å². The summed E-state index contributed by atoms with van der Waals surface area (Å²) in [5, 5.41) is 10.7. The van der Waals surface area contributed by atoms with Crippen molar-refractivity contribution < 1.29 is 29.0 Å². The Hall–Kier alpha value is -4.32. The summed E-state index contributed by atoms with van der Waals surface area (Å²) in [5.74, 6) is -0.926. The van der Waals surface area contributed by atoms with E-state index in [9.17, 15) is 24.3 Å². The Kier molecular flexibility index (Phi) is 9.40. The smallest absolute Gasteiger partial charge is 0.264 e. The second-order valence-corrected chi connectivity index (χ2v) is 18.8. The van der Waals surface area contributed by atoms with Crippen molar-refractivity contribution in [2.24, 2.45) is 5.92 Å². The molecule has 0 aliphatic carbocycles. The van der Waals surface area contributed by atoms with Crippen LogP contribution in [0.15, 0.2) is 97.1 Å². The molecule has 0 saturated carbocycles. The number of fused-ring (bicyclic) bond motifs is 3. The first-order valence-corrected chi connectivity index (χ1v) is 20.7. The van der Waals surface area contributed by atoms with Gasteiger partial charge >= 0.3 is 0 Å². The minimum absolute atomic E-state index is 0.0360. The van der Waals surface area contributed by atoms with E-state index in [0.717, 1.165) is 28.8 Å². The molecule has 0 radical (unpaired) electrons. The van der Waals surface area contributed by atoms with E-state index < -0.39 is 31.5 Å². The summed E-state index contributed by atoms with van der Waals surface area (Å²) in [4.78, 5) is 57.7. The number of benzene rings is 4. The molecular weight excluding hydrogens is 682 g/mol. The highest BCUT2D eigenvalue weighted by Crippen LogP contribution is 2.60. The fraction of sp³-hybridized carbons (Fsp3) is 0.325. The Morgan fingerprint density at radius 3 is 2.33 bits per heavy atom. The summed E-state index contributed by atoms with van der Waals surface area (Å²) in [6, 6.07) is 29.7. The summed E-state index contributed by atoms with van der Waals surface area (Å²) in [5.41, 5.74) is 3.80. The van der Waals surface area contributed by atoms with Gasteiger partial charge in [0.25, 0.3) is 5.91 Å². The van der Waals surface area contributed by atoms with E-state index in [0.29, 0.717) is 34.9 Å². The second-order valence-electron chi connectivity index (χ2n) is 14.4. The Bertz CT molecular complexity index is 1950. The normalized spacial score (nSPS) is 24.1. The van der Waals surface area contributed by atoms with Gasteiger partial charge in [0.1, 0.15) is 0 Å². The van der Waals surface area contributed by atoms with E-state index in [2.05, 4.69) is 0 Å². The van der Waals surface area contributed by atoms with Crippen molar-refractivity contribution in [3.8, 4) is 0 Å². The van der Waals surface area contributed by atoms with Gasteiger partial charge in [-0.1, -0.05) is 73.1 Å². The average molecular weight is 724 g/mol. The number of aliphatic hydroxyl groups excluding tert-OH is 1. The summed E-state index contributed by atoms with van der Waals surface area (Å²) >= 11 is 6.58. The summed E-state index contributed by atoms with van der Waals surface area (Å²) in [7, 11) is -3.03. The van der Waals surface area contributed by atoms with Gasteiger partial charge in [0, 0.05) is 40.0 Å². The molecule has 4 aromatic rings. The van der Waals surface area contributed by atoms with Crippen LogP contribution < -0.4 is 9.80 Å². The minimum atomic E-state index is -3.03. The molecule has 7 rings (SSSR count). The Balaban J connectivity index is 1.19. The van der Waals surface area contributed by atoms with Gasteiger partial charge in [0.05, 0.1) is 37.4 Å². The zero-order chi connectivity index (χ0) is 36.1. The molecule has 0 unspecified atom stereocenters. The number of anilines is 3. The molecule has 51 heavy (non-hydrogen) atoms. The highest BCUT2D eigenvalue weighted by Gasteiger charge is 2.66. The number of amides is 3. The van der Waals surface area contributed by atoms with Crippen LogP contribution in [0.5, 0.6) is 0 Å². The number of aliphatic hydroxyl groups is 1. The zero-order valence-electron chi connectivity index (χ0n) is 28.9. The van der Waals surface area contributed by atoms with Crippen LogP contribution in [0.2, 0.25) is 23.7 Å². The molecule has 0 aromatic heterocycles. The van der Waals surface area contributed by atoms with Crippen molar-refractivity contribution in [2.75, 3.05) is 16.4 Å². The van der Waals surface area contributed by atoms with Gasteiger partial charge in [-0.25, -0.2) is 0 Å². The molecule has 3 aliphatic heterocycles. The maximum absolute atomic E-state index is 14.9. The number of carbonyl (C=O) groups is 3. The second kappa shape index (κ2) is 13.7. The maximum atomic E-state index is 14.9. The van der Waals surface area contributed by atoms with Gasteiger partial charge in [-0.15, -0.1) is 0 Å². The van der Waals surface area contributed by atoms with Crippen molar-refractivity contribution in [3.63, 3.8) is 0 Å². The Labute approximate surface area is 304 Å². The lowest BCUT2D eigenvalue weighted by Crippen LogP contribution is -2.48. The van der Waals surface area contributed by atoms with E-state index in [4.69, 9.17) is 16.3 Å². The van der Waals surface area contributed by atoms with Crippen LogP contribution in [0.3, 0.4) is 0 Å². The van der Waals surface area contributed by atoms with Crippen LogP contribution >= 0.6 is 11.6 Å². The molecule has 1 saturated heterocycles. The third-order valence-electron chi connectivity index (χ3n) is 10.9. The van der Waals surface area contributed by atoms with Gasteiger partial charge in [0.15, 0.2) is 13.9 Å². The lowest BCUT2D eigenvalue weighted by atomic mass is 9.82. The first-order chi connectivity index (χ1) is 24.5. The maximum Gasteiger partial charge on any atom is 0.264 e. The third kappa shape index (κ3) is 6.19. The lowest BCUT2D eigenvalue weighted by Gasteiger charge is -2.37. The first-order valence-electron chi connectivity index (χ1n) is 17.3. The van der Waals surface area contributed by atoms with Crippen LogP contribution in [0, 0.1) is 5.92 Å². The van der Waals surface area contributed by atoms with Gasteiger partial charge in [-0.3, -0.25) is 19.3 Å². The third-order valence-corrected chi connectivity index (χ3v) is 13.6. The van der Waals surface area contributed by atoms with E-state index >= 15 is 0 Å². The molecule has 1 fully saturated rings. The van der Waals surface area contributed by atoms with E-state index in [1.54, 1.807) is 26.8 Å². The van der Waals surface area contributed by atoms with Crippen LogP contribution in [0.4, 0.5) is 17.1 Å². The lowest BCUT2D eigenvalue weighted by molar-refractivity contribution is -0.151. The number of nitrogens with zero attached hydrogens (tertiary/aromatic N) is 3. The summed E-state index contributed by atoms with van der Waals surface area (Å²) in [6.45, 7) is 6.03. The Morgan fingerprint density at radius 2 is 1.67 bits per heavy atom. The monoisotopic (exact) mass is 723 g/mol. The number of para-hydroxylation sites is 1. The largest absolute Gasteiger partial charge is 0.432 e. The zero-order valence-corrected chi connectivity index (χ0v) is 30.7. The highest BCUT2D eigenvalue weighted by molar-refractivity contribution is 6.71. The average Bonchev–Trinajstić information content (AvgIpc) is 3.54. The predicted molar refractivity (Wildman–Crippen MR) is 199 cm³/mol. The van der Waals surface area contributed by atoms with Crippen molar-refractivity contribution in [1.29, 1.82) is 0 Å². The number of carbonyl (C=O) groups excluding carboxylic acids is 3. The predicted octanol–water partition coefficient (Wildman–Crippen LogP) is 6.32. The molecule has 3 amide bonds. The van der Waals surface area contributed by atoms with Gasteiger partial charge in [0.2, 0.25) is 12.3 Å². The van der Waals surface area contributed by atoms with E-state index in [-0.39, 0.29) is 37.4 Å². The van der Waals surface area contributed by atoms with Crippen LogP contribution in [-0.4, -0.2) is 60.1 Å². The number of ether oxygens (including phenoxy) is 1. The molecule has 1 spiro atoms. The first kappa shape index (κ1) is 35.1. The van der Waals surface area contributed by atoms with Crippen molar-refractivity contribution in [1.82, 2.24) is 4.90 Å². The van der Waals surface area contributed by atoms with Gasteiger partial charge in [-0.05, 0) is 78.7 Å². The molecule has 3 aliphatic rings. The summed E-state index contributed by atoms with van der Waals surface area (Å²) < 4.78 is 6.91. The van der Waals surface area contributed by atoms with Crippen molar-refractivity contribution in [2.45, 2.75) is 69.2 Å². The van der Waals surface area contributed by atoms with E-state index in [1.807, 2.05) is 105 Å². The van der Waals surface area contributed by atoms with Crippen molar-refractivity contribution in [3.05, 3.63) is 124 Å². The number of halogens is 1. The van der Waals surface area contributed by atoms with Crippen LogP contribution in [0.25, 0.3) is 0 Å². The molecule has 5 atom stereocenters. The molecule has 264 valence electrons. The summed E-state index contributed by atoms with van der Waals surface area (Å²) in [6.07, 6.45) is 0.548. The molecular formula is C40H42ClN3O6Si. The Morgan fingerprint density at radius 1 is 1.00 bits per heavy atom. The SMILES string of the molecule is C[C@@H]1[C@@H]([Si](C)(C)O)[C@H](CC(=O)N2Cc3ccccc3C[C@H]2CO)O[C@@]12C(=O)N(Cc1ccc(N(C=O)c3ccccc3)cc1)c1ccc(Cl)cc12. The minimum Gasteiger partial charge on any atom is -0.432 e. The fourth-order valence-electron chi connectivity index (χ4n) is 8.54.